The Morgan fingerprint density at radius 2 is 1.82 bits per heavy atom. The van der Waals surface area contributed by atoms with Gasteiger partial charge in [0.1, 0.15) is 11.6 Å². The van der Waals surface area contributed by atoms with Crippen molar-refractivity contribution in [1.82, 2.24) is 0 Å². The molecule has 112 valence electrons. The fourth-order valence-electron chi connectivity index (χ4n) is 1.71. The van der Waals surface area contributed by atoms with Gasteiger partial charge in [0, 0.05) is 10.6 Å². The molecule has 0 aliphatic rings. The lowest BCUT2D eigenvalue weighted by atomic mass is 10.0. The Morgan fingerprint density at radius 3 is 2.45 bits per heavy atom. The van der Waals surface area contributed by atoms with E-state index in [4.69, 9.17) is 16.3 Å². The van der Waals surface area contributed by atoms with Gasteiger partial charge >= 0.3 is 6.16 Å². The molecule has 2 aromatic carbocycles. The van der Waals surface area contributed by atoms with Gasteiger partial charge in [-0.1, -0.05) is 18.2 Å². The Balaban J connectivity index is 2.37. The second kappa shape index (κ2) is 6.87. The third-order valence-corrected chi connectivity index (χ3v) is 2.92. The third-order valence-electron chi connectivity index (χ3n) is 2.67. The average Bonchev–Trinajstić information content (AvgIpc) is 2.49. The van der Waals surface area contributed by atoms with Gasteiger partial charge in [0.05, 0.1) is 11.8 Å². The summed E-state index contributed by atoms with van der Waals surface area (Å²) in [6, 6.07) is 9.25. The topological polar surface area (TPSA) is 52.6 Å². The van der Waals surface area contributed by atoms with E-state index >= 15 is 0 Å². The van der Waals surface area contributed by atoms with Crippen LogP contribution in [-0.2, 0) is 4.74 Å². The Morgan fingerprint density at radius 1 is 1.14 bits per heavy atom. The predicted molar refractivity (Wildman–Crippen MR) is 78.6 cm³/mol. The van der Waals surface area contributed by atoms with Crippen molar-refractivity contribution >= 4 is 23.5 Å². The van der Waals surface area contributed by atoms with Crippen molar-refractivity contribution in [2.45, 2.75) is 0 Å². The molecule has 0 aromatic heterocycles. The van der Waals surface area contributed by atoms with Gasteiger partial charge in [-0.05, 0) is 42.5 Å². The maximum atomic E-state index is 13.4. The molecular formula is C16H10ClFO4. The largest absolute Gasteiger partial charge is 0.518 e. The summed E-state index contributed by atoms with van der Waals surface area (Å²) in [5.41, 5.74) is 0.167. The maximum absolute atomic E-state index is 13.4. The number of benzene rings is 2. The minimum absolute atomic E-state index is 0.108. The lowest BCUT2D eigenvalue weighted by Crippen LogP contribution is -2.11. The molecule has 0 spiro atoms. The molecule has 0 aliphatic carbocycles. The molecular weight excluding hydrogens is 311 g/mol. The molecule has 0 saturated heterocycles. The van der Waals surface area contributed by atoms with Crippen LogP contribution in [0.1, 0.15) is 15.9 Å². The summed E-state index contributed by atoms with van der Waals surface area (Å²) in [5, 5.41) is 0.460. The molecule has 2 rings (SSSR count). The summed E-state index contributed by atoms with van der Waals surface area (Å²) in [7, 11) is 0. The van der Waals surface area contributed by atoms with Crippen LogP contribution in [0.15, 0.2) is 55.3 Å². The first-order valence-electron chi connectivity index (χ1n) is 6.10. The molecule has 0 atom stereocenters. The molecule has 0 saturated carbocycles. The average molecular weight is 321 g/mol. The van der Waals surface area contributed by atoms with Crippen LogP contribution in [0, 0.1) is 5.82 Å². The third kappa shape index (κ3) is 3.71. The summed E-state index contributed by atoms with van der Waals surface area (Å²) in [6.45, 7) is 3.21. The molecule has 0 unspecified atom stereocenters. The highest BCUT2D eigenvalue weighted by Gasteiger charge is 2.18. The number of ketones is 1. The first-order valence-corrected chi connectivity index (χ1v) is 6.48. The monoisotopic (exact) mass is 320 g/mol. The van der Waals surface area contributed by atoms with Crippen LogP contribution in [0.2, 0.25) is 5.02 Å². The van der Waals surface area contributed by atoms with Crippen LogP contribution < -0.4 is 4.74 Å². The van der Waals surface area contributed by atoms with E-state index in [2.05, 4.69) is 11.3 Å². The van der Waals surface area contributed by atoms with E-state index in [0.717, 1.165) is 18.4 Å². The van der Waals surface area contributed by atoms with Crippen molar-refractivity contribution in [2.75, 3.05) is 0 Å². The van der Waals surface area contributed by atoms with Crippen LogP contribution in [0.25, 0.3) is 0 Å². The zero-order chi connectivity index (χ0) is 16.1. The van der Waals surface area contributed by atoms with E-state index < -0.39 is 17.8 Å². The van der Waals surface area contributed by atoms with Crippen LogP contribution in [0.4, 0.5) is 9.18 Å². The van der Waals surface area contributed by atoms with E-state index in [0.29, 0.717) is 5.02 Å². The highest BCUT2D eigenvalue weighted by atomic mass is 35.5. The quantitative estimate of drug-likeness (QED) is 0.363. The van der Waals surface area contributed by atoms with E-state index in [1.54, 1.807) is 0 Å². The molecule has 4 nitrogen and oxygen atoms in total. The van der Waals surface area contributed by atoms with Gasteiger partial charge in [0.2, 0.25) is 0 Å². The van der Waals surface area contributed by atoms with Gasteiger partial charge in [0.15, 0.2) is 5.78 Å². The van der Waals surface area contributed by atoms with Gasteiger partial charge in [-0.15, -0.1) is 0 Å². The zero-order valence-corrected chi connectivity index (χ0v) is 12.0. The molecule has 0 aliphatic heterocycles. The van der Waals surface area contributed by atoms with E-state index in [1.165, 1.54) is 30.3 Å². The Hall–Kier alpha value is -2.66. The smallest absolute Gasteiger partial charge is 0.403 e. The summed E-state index contributed by atoms with van der Waals surface area (Å²) in [6.07, 6.45) is -0.196. The van der Waals surface area contributed by atoms with Crippen molar-refractivity contribution in [1.29, 1.82) is 0 Å². The van der Waals surface area contributed by atoms with E-state index in [-0.39, 0.29) is 16.9 Å². The van der Waals surface area contributed by atoms with Crippen molar-refractivity contribution in [2.24, 2.45) is 0 Å². The van der Waals surface area contributed by atoms with Gasteiger partial charge in [-0.3, -0.25) is 4.79 Å². The summed E-state index contributed by atoms with van der Waals surface area (Å²) in [4.78, 5) is 23.7. The Bertz CT molecular complexity index is 725. The van der Waals surface area contributed by atoms with Crippen molar-refractivity contribution < 1.29 is 23.5 Å². The minimum atomic E-state index is -1.08. The number of rotatable bonds is 4. The normalized spacial score (nSPS) is 9.91. The molecule has 0 amide bonds. The minimum Gasteiger partial charge on any atom is -0.403 e. The van der Waals surface area contributed by atoms with Crippen molar-refractivity contribution in [3.63, 3.8) is 0 Å². The number of carbonyl (C=O) groups excluding carboxylic acids is 2. The molecule has 0 fully saturated rings. The lowest BCUT2D eigenvalue weighted by molar-refractivity contribution is 0.103. The first-order chi connectivity index (χ1) is 10.5. The van der Waals surface area contributed by atoms with Gasteiger partial charge < -0.3 is 9.47 Å². The number of carbonyl (C=O) groups is 2. The number of hydrogen-bond acceptors (Lipinski definition) is 4. The molecule has 22 heavy (non-hydrogen) atoms. The van der Waals surface area contributed by atoms with Crippen LogP contribution >= 0.6 is 11.6 Å². The first kappa shape index (κ1) is 15.7. The molecule has 0 N–H and O–H groups in total. The summed E-state index contributed by atoms with van der Waals surface area (Å²) < 4.78 is 22.7. The summed E-state index contributed by atoms with van der Waals surface area (Å²) in [5.74, 6) is -1.27. The standard InChI is InChI=1S/C16H10ClFO4/c1-2-21-16(20)22-14-8-7-12(18)9-13(14)15(19)10-3-5-11(17)6-4-10/h2-9H,1H2. The second-order valence-corrected chi connectivity index (χ2v) is 4.55. The lowest BCUT2D eigenvalue weighted by Gasteiger charge is -2.09. The number of ether oxygens (including phenoxy) is 2. The highest BCUT2D eigenvalue weighted by Crippen LogP contribution is 2.24. The second-order valence-electron chi connectivity index (χ2n) is 4.11. The van der Waals surface area contributed by atoms with Crippen LogP contribution in [0.3, 0.4) is 0 Å². The maximum Gasteiger partial charge on any atom is 0.518 e. The summed E-state index contributed by atoms with van der Waals surface area (Å²) >= 11 is 5.76. The molecule has 0 heterocycles. The van der Waals surface area contributed by atoms with E-state index in [9.17, 15) is 14.0 Å². The number of halogens is 2. The highest BCUT2D eigenvalue weighted by molar-refractivity contribution is 6.30. The molecule has 0 radical (unpaired) electrons. The predicted octanol–water partition coefficient (Wildman–Crippen LogP) is 4.37. The molecule has 2 aromatic rings. The Kier molecular flexibility index (Phi) is 4.91. The zero-order valence-electron chi connectivity index (χ0n) is 11.2. The van der Waals surface area contributed by atoms with Gasteiger partial charge in [-0.25, -0.2) is 9.18 Å². The van der Waals surface area contributed by atoms with Crippen LogP contribution in [-0.4, -0.2) is 11.9 Å². The van der Waals surface area contributed by atoms with Crippen LogP contribution in [0.5, 0.6) is 5.75 Å². The van der Waals surface area contributed by atoms with Crippen molar-refractivity contribution in [3.05, 3.63) is 77.3 Å². The fourth-order valence-corrected chi connectivity index (χ4v) is 1.83. The molecule has 0 bridgehead atoms. The van der Waals surface area contributed by atoms with Gasteiger partial charge in [-0.2, -0.15) is 0 Å². The molecule has 6 heteroatoms. The SMILES string of the molecule is C=COC(=O)Oc1ccc(F)cc1C(=O)c1ccc(Cl)cc1. The van der Waals surface area contributed by atoms with Gasteiger partial charge in [0.25, 0.3) is 0 Å². The van der Waals surface area contributed by atoms with E-state index in [1.807, 2.05) is 0 Å². The number of hydrogen-bond donors (Lipinski definition) is 0. The fraction of sp³-hybridized carbons (Fsp3) is 0. The Labute approximate surface area is 130 Å². The van der Waals surface area contributed by atoms with Crippen molar-refractivity contribution in [3.8, 4) is 5.75 Å².